The second-order valence-corrected chi connectivity index (χ2v) is 6.57. The van der Waals surface area contributed by atoms with Gasteiger partial charge in [-0.3, -0.25) is 0 Å². The first-order valence-corrected chi connectivity index (χ1v) is 8.75. The van der Waals surface area contributed by atoms with Gasteiger partial charge in [-0.25, -0.2) is 0 Å². The summed E-state index contributed by atoms with van der Waals surface area (Å²) in [5, 5.41) is 9.53. The van der Waals surface area contributed by atoms with Crippen LogP contribution >= 0.6 is 0 Å². The summed E-state index contributed by atoms with van der Waals surface area (Å²) in [6.07, 6.45) is 8.13. The summed E-state index contributed by atoms with van der Waals surface area (Å²) < 4.78 is 5.83. The minimum absolute atomic E-state index is 0.129. The van der Waals surface area contributed by atoms with Gasteiger partial charge in [0.2, 0.25) is 0 Å². The second-order valence-electron chi connectivity index (χ2n) is 6.57. The van der Waals surface area contributed by atoms with Crippen molar-refractivity contribution in [3.05, 3.63) is 0 Å². The molecule has 0 radical (unpaired) electrons. The number of aliphatic hydroxyl groups excluding tert-OH is 1. The molecule has 0 aliphatic carbocycles. The summed E-state index contributed by atoms with van der Waals surface area (Å²) in [6.45, 7) is 13.3. The molecular formula is C18H38O2. The van der Waals surface area contributed by atoms with Gasteiger partial charge in [0.15, 0.2) is 0 Å². The largest absolute Gasteiger partial charge is 0.396 e. The number of hydrogen-bond acceptors (Lipinski definition) is 2. The van der Waals surface area contributed by atoms with E-state index >= 15 is 0 Å². The molecule has 0 aromatic heterocycles. The average Bonchev–Trinajstić information content (AvgIpc) is 2.49. The lowest BCUT2D eigenvalue weighted by atomic mass is 9.79. The maximum atomic E-state index is 9.53. The van der Waals surface area contributed by atoms with Crippen molar-refractivity contribution < 1.29 is 9.84 Å². The summed E-state index contributed by atoms with van der Waals surface area (Å²) >= 11 is 0. The molecule has 1 atom stereocenters. The van der Waals surface area contributed by atoms with Crippen LogP contribution in [0.2, 0.25) is 0 Å². The van der Waals surface area contributed by atoms with Crippen molar-refractivity contribution in [3.8, 4) is 0 Å². The minimum atomic E-state index is 0.129. The standard InChI is InChI=1S/C18H38O2/c1-6-17(7-2)13-16(5)14-20-12-10-11-18(8-3,9-4)15-19/h16-17,19H,6-15H2,1-5H3. The Hall–Kier alpha value is -0.0800. The Morgan fingerprint density at radius 1 is 1.05 bits per heavy atom. The van der Waals surface area contributed by atoms with E-state index in [4.69, 9.17) is 4.74 Å². The molecule has 1 unspecified atom stereocenters. The highest BCUT2D eigenvalue weighted by molar-refractivity contribution is 4.75. The zero-order valence-corrected chi connectivity index (χ0v) is 14.6. The lowest BCUT2D eigenvalue weighted by Gasteiger charge is -2.29. The van der Waals surface area contributed by atoms with Crippen molar-refractivity contribution >= 4 is 0 Å². The SMILES string of the molecule is CCC(CC)CC(C)COCCCC(CC)(CC)CO. The van der Waals surface area contributed by atoms with Crippen molar-refractivity contribution in [2.24, 2.45) is 17.3 Å². The van der Waals surface area contributed by atoms with Crippen molar-refractivity contribution in [2.45, 2.75) is 79.6 Å². The molecule has 1 N–H and O–H groups in total. The van der Waals surface area contributed by atoms with Crippen LogP contribution < -0.4 is 0 Å². The van der Waals surface area contributed by atoms with Crippen LogP contribution in [0.3, 0.4) is 0 Å². The molecule has 0 aliphatic rings. The topological polar surface area (TPSA) is 29.5 Å². The molecule has 0 aliphatic heterocycles. The summed E-state index contributed by atoms with van der Waals surface area (Å²) in [5.41, 5.74) is 0.129. The summed E-state index contributed by atoms with van der Waals surface area (Å²) in [4.78, 5) is 0. The van der Waals surface area contributed by atoms with Gasteiger partial charge in [-0.15, -0.1) is 0 Å². The molecule has 2 nitrogen and oxygen atoms in total. The lowest BCUT2D eigenvalue weighted by Crippen LogP contribution is -2.24. The summed E-state index contributed by atoms with van der Waals surface area (Å²) in [7, 11) is 0. The van der Waals surface area contributed by atoms with Gasteiger partial charge in [-0.1, -0.05) is 47.5 Å². The van der Waals surface area contributed by atoms with Crippen molar-refractivity contribution in [1.29, 1.82) is 0 Å². The molecule has 0 fully saturated rings. The van der Waals surface area contributed by atoms with E-state index in [1.165, 1.54) is 19.3 Å². The fraction of sp³-hybridized carbons (Fsp3) is 1.00. The lowest BCUT2D eigenvalue weighted by molar-refractivity contribution is 0.0640. The molecule has 0 saturated heterocycles. The van der Waals surface area contributed by atoms with Gasteiger partial charge in [0, 0.05) is 19.8 Å². The highest BCUT2D eigenvalue weighted by atomic mass is 16.5. The molecule has 0 spiro atoms. The van der Waals surface area contributed by atoms with E-state index in [2.05, 4.69) is 34.6 Å². The molecule has 2 heteroatoms. The molecule has 0 saturated carbocycles. The average molecular weight is 286 g/mol. The third-order valence-corrected chi connectivity index (χ3v) is 5.12. The fourth-order valence-electron chi connectivity index (χ4n) is 3.00. The Morgan fingerprint density at radius 2 is 1.65 bits per heavy atom. The third kappa shape index (κ3) is 7.64. The van der Waals surface area contributed by atoms with Crippen LogP contribution in [0.4, 0.5) is 0 Å². The Kier molecular flexibility index (Phi) is 11.5. The third-order valence-electron chi connectivity index (χ3n) is 5.12. The molecule has 0 bridgehead atoms. The van der Waals surface area contributed by atoms with E-state index in [1.807, 2.05) is 0 Å². The van der Waals surface area contributed by atoms with Crippen LogP contribution in [0.5, 0.6) is 0 Å². The Bertz CT molecular complexity index is 199. The molecule has 122 valence electrons. The predicted molar refractivity (Wildman–Crippen MR) is 88.0 cm³/mol. The number of rotatable bonds is 13. The van der Waals surface area contributed by atoms with Gasteiger partial charge in [0.25, 0.3) is 0 Å². The van der Waals surface area contributed by atoms with Crippen molar-refractivity contribution in [2.75, 3.05) is 19.8 Å². The smallest absolute Gasteiger partial charge is 0.0491 e. The number of aliphatic hydroxyl groups is 1. The maximum absolute atomic E-state index is 9.53. The van der Waals surface area contributed by atoms with E-state index < -0.39 is 0 Å². The Morgan fingerprint density at radius 3 is 2.10 bits per heavy atom. The van der Waals surface area contributed by atoms with Gasteiger partial charge in [-0.2, -0.15) is 0 Å². The van der Waals surface area contributed by atoms with E-state index in [0.29, 0.717) is 12.5 Å². The summed E-state index contributed by atoms with van der Waals surface area (Å²) in [5.74, 6) is 1.52. The van der Waals surface area contributed by atoms with E-state index in [9.17, 15) is 5.11 Å². The molecule has 20 heavy (non-hydrogen) atoms. The first-order chi connectivity index (χ1) is 9.57. The monoisotopic (exact) mass is 286 g/mol. The number of hydrogen-bond donors (Lipinski definition) is 1. The Balaban J connectivity index is 3.75. The van der Waals surface area contributed by atoms with Crippen LogP contribution in [0.15, 0.2) is 0 Å². The van der Waals surface area contributed by atoms with Gasteiger partial charge >= 0.3 is 0 Å². The van der Waals surface area contributed by atoms with Crippen LogP contribution in [-0.2, 0) is 4.74 Å². The molecule has 0 aromatic rings. The van der Waals surface area contributed by atoms with E-state index in [1.54, 1.807) is 0 Å². The maximum Gasteiger partial charge on any atom is 0.0491 e. The molecule has 0 aromatic carbocycles. The fourth-order valence-corrected chi connectivity index (χ4v) is 3.00. The normalized spacial score (nSPS) is 13.9. The highest BCUT2D eigenvalue weighted by Crippen LogP contribution is 2.31. The first-order valence-electron chi connectivity index (χ1n) is 8.75. The van der Waals surface area contributed by atoms with Gasteiger partial charge in [0.1, 0.15) is 0 Å². The molecule has 0 rings (SSSR count). The highest BCUT2D eigenvalue weighted by Gasteiger charge is 2.24. The zero-order chi connectivity index (χ0) is 15.4. The van der Waals surface area contributed by atoms with Gasteiger partial charge in [-0.05, 0) is 49.4 Å². The van der Waals surface area contributed by atoms with Crippen LogP contribution in [-0.4, -0.2) is 24.9 Å². The van der Waals surface area contributed by atoms with Crippen LogP contribution in [0.25, 0.3) is 0 Å². The molecular weight excluding hydrogens is 248 g/mol. The van der Waals surface area contributed by atoms with Crippen molar-refractivity contribution in [1.82, 2.24) is 0 Å². The second kappa shape index (κ2) is 11.6. The quantitative estimate of drug-likeness (QED) is 0.480. The summed E-state index contributed by atoms with van der Waals surface area (Å²) in [6, 6.07) is 0. The van der Waals surface area contributed by atoms with Crippen LogP contribution in [0.1, 0.15) is 79.6 Å². The molecule has 0 amide bonds. The first kappa shape index (κ1) is 19.9. The minimum Gasteiger partial charge on any atom is -0.396 e. The number of ether oxygens (including phenoxy) is 1. The zero-order valence-electron chi connectivity index (χ0n) is 14.6. The van der Waals surface area contributed by atoms with Gasteiger partial charge in [0.05, 0.1) is 0 Å². The van der Waals surface area contributed by atoms with Gasteiger partial charge < -0.3 is 9.84 Å². The van der Waals surface area contributed by atoms with E-state index in [-0.39, 0.29) is 5.41 Å². The van der Waals surface area contributed by atoms with Crippen LogP contribution in [0, 0.1) is 17.3 Å². The molecule has 0 heterocycles. The van der Waals surface area contributed by atoms with E-state index in [0.717, 1.165) is 44.8 Å². The van der Waals surface area contributed by atoms with Crippen molar-refractivity contribution in [3.63, 3.8) is 0 Å². The predicted octanol–water partition coefficient (Wildman–Crippen LogP) is 5.04. The Labute approximate surface area is 127 Å².